The van der Waals surface area contributed by atoms with Crippen LogP contribution in [0.15, 0.2) is 183 Å². The van der Waals surface area contributed by atoms with Crippen LogP contribution in [-0.4, -0.2) is 287 Å². The van der Waals surface area contributed by atoms with Crippen LogP contribution in [0.2, 0.25) is 15.1 Å². The van der Waals surface area contributed by atoms with Crippen molar-refractivity contribution in [3.05, 3.63) is 249 Å². The fourth-order valence-electron chi connectivity index (χ4n) is 15.4. The molecule has 726 valence electrons. The van der Waals surface area contributed by atoms with Crippen molar-refractivity contribution in [2.75, 3.05) is 132 Å². The Balaban J connectivity index is 0.000000154. The summed E-state index contributed by atoms with van der Waals surface area (Å²) >= 11 is 27.8. The molecular formula is C89H90BrCl3F4N16O20S4. The van der Waals surface area contributed by atoms with Crippen molar-refractivity contribution >= 4 is 167 Å². The number of nitrogens with zero attached hydrogens (tertiary/aromatic N) is 12. The van der Waals surface area contributed by atoms with E-state index in [1.165, 1.54) is 75.7 Å². The molecule has 0 saturated carbocycles. The van der Waals surface area contributed by atoms with E-state index in [1.54, 1.807) is 107 Å². The first-order valence-electron chi connectivity index (χ1n) is 42.5. The van der Waals surface area contributed by atoms with E-state index >= 15 is 0 Å². The monoisotopic (exact) mass is 2090 g/mol. The summed E-state index contributed by atoms with van der Waals surface area (Å²) in [5, 5.41) is 59.9. The third-order valence-electron chi connectivity index (χ3n) is 21.8. The summed E-state index contributed by atoms with van der Waals surface area (Å²) in [6, 6.07) is 8.82. The highest BCUT2D eigenvalue weighted by molar-refractivity contribution is 9.10. The Kier molecular flexibility index (Phi) is 36.4. The van der Waals surface area contributed by atoms with Crippen LogP contribution in [0.5, 0.6) is 0 Å². The van der Waals surface area contributed by atoms with E-state index < -0.39 is 119 Å². The van der Waals surface area contributed by atoms with E-state index in [-0.39, 0.29) is 118 Å². The van der Waals surface area contributed by atoms with Gasteiger partial charge >= 0.3 is 47.8 Å². The number of amidine groups is 4. The molecule has 4 saturated heterocycles. The fraction of sp³-hybridized carbons (Fsp3) is 0.371. The fourth-order valence-corrected chi connectivity index (χ4v) is 19.3. The van der Waals surface area contributed by atoms with Gasteiger partial charge in [-0.1, -0.05) is 75.0 Å². The molecule has 8 atom stereocenters. The third kappa shape index (κ3) is 25.6. The van der Waals surface area contributed by atoms with Crippen LogP contribution < -0.4 is 21.3 Å². The number of aromatic nitrogens is 4. The lowest BCUT2D eigenvalue weighted by atomic mass is 9.94. The van der Waals surface area contributed by atoms with Gasteiger partial charge in [0.2, 0.25) is 0 Å². The van der Waals surface area contributed by atoms with Crippen LogP contribution in [-0.2, 0) is 76.3 Å². The van der Waals surface area contributed by atoms with Gasteiger partial charge in [-0.15, -0.1) is 45.3 Å². The van der Waals surface area contributed by atoms with Gasteiger partial charge < -0.3 is 79.6 Å². The number of esters is 4. The Hall–Kier alpha value is -11.3. The molecular weight excluding hydrogens is 2000 g/mol. The number of carboxylic acids is 4. The van der Waals surface area contributed by atoms with Crippen molar-refractivity contribution in [3.63, 3.8) is 0 Å². The van der Waals surface area contributed by atoms with Gasteiger partial charge in [0, 0.05) is 163 Å². The van der Waals surface area contributed by atoms with E-state index in [1.807, 2.05) is 12.3 Å². The van der Waals surface area contributed by atoms with E-state index in [2.05, 4.69) is 62.1 Å². The molecule has 36 nitrogen and oxygen atoms in total. The Morgan fingerprint density at radius 2 is 0.730 bits per heavy atom. The highest BCUT2D eigenvalue weighted by atomic mass is 79.9. The second-order valence-electron chi connectivity index (χ2n) is 30.5. The summed E-state index contributed by atoms with van der Waals surface area (Å²) in [5.74, 6) is -7.65. The zero-order valence-corrected chi connectivity index (χ0v) is 80.7. The average molecular weight is 2090 g/mol. The van der Waals surface area contributed by atoms with Crippen molar-refractivity contribution in [3.8, 4) is 0 Å². The molecule has 0 aliphatic carbocycles. The van der Waals surface area contributed by atoms with Gasteiger partial charge in [0.1, 0.15) is 71.6 Å². The standard InChI is InChI=1S/C23H24BrFN4O5S.C22H22Cl2N4O5S.C22H22ClFN4O5S.C22H22F2N4O5S/c1-3-34-23(32)18-16(10-29-6-7-33-11-17(29)22(30)31)27-20(21-26-9-12(2)35-21)28-19(18)14-5-4-13(25)8-15(14)24;1-2-33-22(31)17-15(10-28-6-7-32-11-16(28)21(29)30)26-19(20-25-5-8-34-20)27-18(17)13-4-3-12(23)9-14(13)24;1-2-33-22(31)17-15(10-28-6-7-32-11-16(28)21(29)30)26-19(20-25-5-8-34-20)27-18(17)13-4-3-12(24)9-14(13)23;1-2-33-22(31)17-15(10-28-6-7-32-11-16(28)21(29)30)26-19(20-25-5-8-34-20)27-18(17)13-4-3-12(23)9-14(13)24/h4-5,8-9,17,19H,3,6-7,10-11H2,1-2H3,(H,27,28)(H,30,31);3*3-5,8-9,16,18H,2,6-7,10-11H2,1H3,(H,26,27)(H,29,30). The SMILES string of the molecule is CCOC(=O)C1=C(CN2CCOCC2C(=O)O)NC(c2ncc(C)s2)=NC1c1ccc(F)cc1Br.CCOC(=O)C1=C(CN2CCOCC2C(=O)O)NC(c2nccs2)=NC1c1ccc(Cl)cc1Cl.CCOC(=O)C1=C(CN2CCOCC2C(=O)O)NC(c2nccs2)=NC1c1ccc(F)cc1Cl.CCOC(=O)C1=C(CN2CCOCC2C(=O)O)NC(c2nccs2)=NC1c1ccc(F)cc1F. The van der Waals surface area contributed by atoms with Gasteiger partial charge in [-0.05, 0) is 82.6 Å². The first-order valence-corrected chi connectivity index (χ1v) is 47.9. The average Bonchev–Trinajstić information content (AvgIpc) is 1.63. The smallest absolute Gasteiger partial charge is 0.338 e. The minimum absolute atomic E-state index is 0.0121. The number of aliphatic imine (C=N–C) groups is 4. The van der Waals surface area contributed by atoms with Crippen molar-refractivity contribution in [1.82, 2.24) is 60.8 Å². The molecule has 8 aliphatic rings. The lowest BCUT2D eigenvalue weighted by Gasteiger charge is -2.35. The van der Waals surface area contributed by atoms with Crippen LogP contribution >= 0.6 is 96.1 Å². The Labute approximate surface area is 819 Å². The molecule has 4 aromatic heterocycles. The van der Waals surface area contributed by atoms with E-state index in [0.717, 1.165) is 23.1 Å². The first kappa shape index (κ1) is 103. The first-order chi connectivity index (χ1) is 65.9. The summed E-state index contributed by atoms with van der Waals surface area (Å²) < 4.78 is 99.2. The molecule has 0 bridgehead atoms. The number of carbonyl (C=O) groups excluding carboxylic acids is 4. The summed E-state index contributed by atoms with van der Waals surface area (Å²) in [4.78, 5) is 144. The van der Waals surface area contributed by atoms with Crippen molar-refractivity contribution in [2.45, 2.75) is 83.0 Å². The molecule has 8 unspecified atom stereocenters. The molecule has 16 rings (SSSR count). The Morgan fingerprint density at radius 3 is 1.03 bits per heavy atom. The summed E-state index contributed by atoms with van der Waals surface area (Å²) in [6.07, 6.45) is 6.57. The van der Waals surface area contributed by atoms with Gasteiger partial charge in [-0.25, -0.2) is 56.7 Å². The van der Waals surface area contributed by atoms with Gasteiger partial charge in [0.05, 0.1) is 102 Å². The third-order valence-corrected chi connectivity index (χ3v) is 26.6. The molecule has 8 aromatic rings. The number of nitrogens with one attached hydrogen (secondary N) is 4. The maximum atomic E-state index is 14.9. The second-order valence-corrected chi connectivity index (χ2v) is 36.5. The minimum Gasteiger partial charge on any atom is -0.480 e. The van der Waals surface area contributed by atoms with E-state index in [4.69, 9.17) is 87.7 Å². The Bertz CT molecular complexity index is 5640. The van der Waals surface area contributed by atoms with Gasteiger partial charge in [0.25, 0.3) is 0 Å². The molecule has 4 fully saturated rings. The van der Waals surface area contributed by atoms with Crippen molar-refractivity contribution in [2.24, 2.45) is 20.0 Å². The predicted molar refractivity (Wildman–Crippen MR) is 501 cm³/mol. The van der Waals surface area contributed by atoms with Gasteiger partial charge in [-0.3, -0.25) is 58.7 Å². The van der Waals surface area contributed by atoms with Gasteiger partial charge in [-0.2, -0.15) is 0 Å². The van der Waals surface area contributed by atoms with Crippen LogP contribution in [0.4, 0.5) is 17.6 Å². The predicted octanol–water partition coefficient (Wildman–Crippen LogP) is 10.9. The lowest BCUT2D eigenvalue weighted by molar-refractivity contribution is -0.150. The highest BCUT2D eigenvalue weighted by Gasteiger charge is 2.44. The largest absolute Gasteiger partial charge is 0.480 e. The number of hydrogen-bond donors (Lipinski definition) is 8. The van der Waals surface area contributed by atoms with Crippen molar-refractivity contribution in [1.29, 1.82) is 0 Å². The number of carbonyl (C=O) groups is 8. The second kappa shape index (κ2) is 48.4. The lowest BCUT2D eigenvalue weighted by Crippen LogP contribution is -2.52. The van der Waals surface area contributed by atoms with E-state index in [9.17, 15) is 76.3 Å². The number of carboxylic acid groups (broad SMARTS) is 4. The number of benzene rings is 4. The number of ether oxygens (including phenoxy) is 8. The zero-order valence-electron chi connectivity index (χ0n) is 73.6. The molecule has 137 heavy (non-hydrogen) atoms. The maximum Gasteiger partial charge on any atom is 0.338 e. The minimum atomic E-state index is -1.15. The molecule has 0 spiro atoms. The van der Waals surface area contributed by atoms with Crippen LogP contribution in [0.25, 0.3) is 0 Å². The van der Waals surface area contributed by atoms with Gasteiger partial charge in [0.15, 0.2) is 43.4 Å². The number of morpholine rings is 4. The number of rotatable bonds is 28. The normalized spacial score (nSPS) is 21.0. The number of aryl methyl sites for hydroxylation is 1. The molecule has 4 aromatic carbocycles. The summed E-state index contributed by atoms with van der Waals surface area (Å²) in [7, 11) is 0. The zero-order chi connectivity index (χ0) is 97.8. The van der Waals surface area contributed by atoms with Crippen LogP contribution in [0.1, 0.15) is 99.0 Å². The number of hydrogen-bond acceptors (Lipinski definition) is 36. The molecule has 12 heterocycles. The molecule has 0 radical (unpaired) electrons. The molecule has 8 aliphatic heterocycles. The van der Waals surface area contributed by atoms with Crippen LogP contribution in [0, 0.1) is 30.2 Å². The summed E-state index contributed by atoms with van der Waals surface area (Å²) in [6.45, 7) is 12.4. The molecule has 48 heteroatoms. The maximum absolute atomic E-state index is 14.9. The highest BCUT2D eigenvalue weighted by Crippen LogP contribution is 2.43. The van der Waals surface area contributed by atoms with Crippen molar-refractivity contribution < 1.29 is 114 Å². The number of aliphatic carboxylic acids is 4. The number of halogens is 8. The molecule has 0 amide bonds. The molecule has 8 N–H and O–H groups in total. The topological polar surface area (TPSA) is 453 Å². The number of thiazole rings is 4. The Morgan fingerprint density at radius 1 is 0.423 bits per heavy atom. The quantitative estimate of drug-likeness (QED) is 0.0128. The summed E-state index contributed by atoms with van der Waals surface area (Å²) in [5.41, 5.74) is 3.85. The van der Waals surface area contributed by atoms with Crippen LogP contribution in [0.3, 0.4) is 0 Å². The van der Waals surface area contributed by atoms with E-state index in [0.29, 0.717) is 144 Å².